The van der Waals surface area contributed by atoms with Crippen molar-refractivity contribution in [2.24, 2.45) is 0 Å². The molecule has 0 saturated heterocycles. The number of benzene rings is 1. The van der Waals surface area contributed by atoms with E-state index >= 15 is 0 Å². The van der Waals surface area contributed by atoms with Crippen molar-refractivity contribution in [2.75, 3.05) is 6.54 Å². The maximum Gasteiger partial charge on any atom is 0.253 e. The normalized spacial score (nSPS) is 13.8. The first-order valence-electron chi connectivity index (χ1n) is 5.89. The molecule has 4 nitrogen and oxygen atoms in total. The van der Waals surface area contributed by atoms with E-state index in [9.17, 15) is 15.0 Å². The Balaban J connectivity index is 1.88. The quantitative estimate of drug-likeness (QED) is 0.778. The SMILES string of the molecule is O=C(NC[C@@H](O)c1ccsc1)[C@H](O)c1ccccc1. The zero-order chi connectivity index (χ0) is 13.7. The van der Waals surface area contributed by atoms with Gasteiger partial charge in [0.1, 0.15) is 0 Å². The van der Waals surface area contributed by atoms with Gasteiger partial charge in [-0.1, -0.05) is 30.3 Å². The van der Waals surface area contributed by atoms with E-state index in [-0.39, 0.29) is 6.54 Å². The molecule has 19 heavy (non-hydrogen) atoms. The Labute approximate surface area is 115 Å². The van der Waals surface area contributed by atoms with E-state index in [2.05, 4.69) is 5.32 Å². The Morgan fingerprint density at radius 3 is 2.53 bits per heavy atom. The minimum atomic E-state index is -1.21. The molecule has 0 unspecified atom stereocenters. The van der Waals surface area contributed by atoms with E-state index in [1.54, 1.807) is 30.3 Å². The summed E-state index contributed by atoms with van der Waals surface area (Å²) >= 11 is 1.48. The third-order valence-electron chi connectivity index (χ3n) is 2.76. The smallest absolute Gasteiger partial charge is 0.253 e. The molecule has 1 heterocycles. The molecule has 1 amide bonds. The number of aliphatic hydroxyl groups excluding tert-OH is 2. The Bertz CT molecular complexity index is 513. The molecule has 3 N–H and O–H groups in total. The van der Waals surface area contributed by atoms with Crippen LogP contribution in [0.4, 0.5) is 0 Å². The van der Waals surface area contributed by atoms with Gasteiger partial charge in [0.15, 0.2) is 6.10 Å². The molecule has 1 aromatic heterocycles. The van der Waals surface area contributed by atoms with Crippen molar-refractivity contribution in [2.45, 2.75) is 12.2 Å². The second kappa shape index (κ2) is 6.47. The lowest BCUT2D eigenvalue weighted by molar-refractivity contribution is -0.130. The first-order valence-corrected chi connectivity index (χ1v) is 6.83. The van der Waals surface area contributed by atoms with Crippen molar-refractivity contribution in [3.63, 3.8) is 0 Å². The van der Waals surface area contributed by atoms with Gasteiger partial charge < -0.3 is 15.5 Å². The lowest BCUT2D eigenvalue weighted by atomic mass is 10.1. The highest BCUT2D eigenvalue weighted by molar-refractivity contribution is 7.07. The standard InChI is InChI=1S/C14H15NO3S/c16-12(11-6-7-19-9-11)8-15-14(18)13(17)10-4-2-1-3-5-10/h1-7,9,12-13,16-17H,8H2,(H,15,18)/t12-,13-/m1/s1. The number of rotatable bonds is 5. The predicted octanol–water partition coefficient (Wildman–Crippen LogP) is 1.63. The molecule has 0 bridgehead atoms. The van der Waals surface area contributed by atoms with Crippen LogP contribution in [0.15, 0.2) is 47.2 Å². The maximum absolute atomic E-state index is 11.7. The van der Waals surface area contributed by atoms with E-state index in [0.29, 0.717) is 5.56 Å². The van der Waals surface area contributed by atoms with Gasteiger partial charge >= 0.3 is 0 Å². The highest BCUT2D eigenvalue weighted by Gasteiger charge is 2.18. The molecule has 5 heteroatoms. The van der Waals surface area contributed by atoms with E-state index < -0.39 is 18.1 Å². The molecule has 0 aliphatic carbocycles. The first kappa shape index (κ1) is 13.7. The van der Waals surface area contributed by atoms with Crippen LogP contribution in [-0.2, 0) is 4.79 Å². The molecule has 0 spiro atoms. The monoisotopic (exact) mass is 277 g/mol. The highest BCUT2D eigenvalue weighted by atomic mass is 32.1. The van der Waals surface area contributed by atoms with E-state index in [4.69, 9.17) is 0 Å². The number of aliphatic hydroxyl groups is 2. The summed E-state index contributed by atoms with van der Waals surface area (Å²) in [7, 11) is 0. The van der Waals surface area contributed by atoms with Crippen LogP contribution in [0.3, 0.4) is 0 Å². The van der Waals surface area contributed by atoms with Gasteiger partial charge in [0.2, 0.25) is 0 Å². The van der Waals surface area contributed by atoms with Gasteiger partial charge in [-0.3, -0.25) is 4.79 Å². The zero-order valence-corrected chi connectivity index (χ0v) is 11.0. The van der Waals surface area contributed by atoms with Crippen LogP contribution in [0.25, 0.3) is 0 Å². The summed E-state index contributed by atoms with van der Waals surface area (Å²) in [5, 5.41) is 25.9. The van der Waals surface area contributed by atoms with Crippen LogP contribution >= 0.6 is 11.3 Å². The largest absolute Gasteiger partial charge is 0.387 e. The number of amides is 1. The zero-order valence-electron chi connectivity index (χ0n) is 10.2. The second-order valence-corrected chi connectivity index (χ2v) is 4.91. The number of hydrogen-bond donors (Lipinski definition) is 3. The van der Waals surface area contributed by atoms with Crippen molar-refractivity contribution >= 4 is 17.2 Å². The molecule has 0 saturated carbocycles. The summed E-state index contributed by atoms with van der Waals surface area (Å²) in [5.41, 5.74) is 1.30. The molecule has 2 rings (SSSR count). The molecule has 0 aliphatic heterocycles. The van der Waals surface area contributed by atoms with Crippen molar-refractivity contribution in [1.82, 2.24) is 5.32 Å². The predicted molar refractivity (Wildman–Crippen MR) is 73.7 cm³/mol. The van der Waals surface area contributed by atoms with Gasteiger partial charge in [-0.25, -0.2) is 0 Å². The van der Waals surface area contributed by atoms with Crippen molar-refractivity contribution < 1.29 is 15.0 Å². The van der Waals surface area contributed by atoms with Crippen molar-refractivity contribution in [3.8, 4) is 0 Å². The topological polar surface area (TPSA) is 69.6 Å². The molecule has 2 atom stereocenters. The number of thiophene rings is 1. The third kappa shape index (κ3) is 3.64. The number of carbonyl (C=O) groups is 1. The summed E-state index contributed by atoms with van der Waals surface area (Å²) in [4.78, 5) is 11.7. The summed E-state index contributed by atoms with van der Waals surface area (Å²) in [6.45, 7) is 0.0828. The average molecular weight is 277 g/mol. The van der Waals surface area contributed by atoms with E-state index in [0.717, 1.165) is 5.56 Å². The molecule has 100 valence electrons. The Kier molecular flexibility index (Phi) is 4.68. The van der Waals surface area contributed by atoms with Gasteiger partial charge in [0.05, 0.1) is 6.10 Å². The number of carbonyl (C=O) groups excluding carboxylic acids is 1. The summed E-state index contributed by atoms with van der Waals surface area (Å²) < 4.78 is 0. The van der Waals surface area contributed by atoms with Crippen molar-refractivity contribution in [1.29, 1.82) is 0 Å². The van der Waals surface area contributed by atoms with Crippen LogP contribution in [-0.4, -0.2) is 22.7 Å². The summed E-state index contributed by atoms with van der Waals surface area (Å²) in [6, 6.07) is 10.5. The summed E-state index contributed by atoms with van der Waals surface area (Å²) in [6.07, 6.45) is -1.96. The highest BCUT2D eigenvalue weighted by Crippen LogP contribution is 2.16. The molecular formula is C14H15NO3S. The van der Waals surface area contributed by atoms with Crippen molar-refractivity contribution in [3.05, 3.63) is 58.3 Å². The third-order valence-corrected chi connectivity index (χ3v) is 3.46. The average Bonchev–Trinajstić information content (AvgIpc) is 2.98. The fraction of sp³-hybridized carbons (Fsp3) is 0.214. The fourth-order valence-corrected chi connectivity index (χ4v) is 2.37. The van der Waals surface area contributed by atoms with Crippen LogP contribution in [0, 0.1) is 0 Å². The molecule has 0 fully saturated rings. The minimum absolute atomic E-state index is 0.0828. The van der Waals surface area contributed by atoms with Crippen LogP contribution < -0.4 is 5.32 Å². The fourth-order valence-electron chi connectivity index (χ4n) is 1.66. The lowest BCUT2D eigenvalue weighted by Crippen LogP contribution is -2.32. The van der Waals surface area contributed by atoms with Gasteiger partial charge in [0, 0.05) is 6.54 Å². The number of hydrogen-bond acceptors (Lipinski definition) is 4. The van der Waals surface area contributed by atoms with Gasteiger partial charge in [0.25, 0.3) is 5.91 Å². The van der Waals surface area contributed by atoms with Gasteiger partial charge in [-0.15, -0.1) is 0 Å². The lowest BCUT2D eigenvalue weighted by Gasteiger charge is -2.14. The minimum Gasteiger partial charge on any atom is -0.387 e. The first-order chi connectivity index (χ1) is 9.18. The molecule has 1 aromatic carbocycles. The maximum atomic E-state index is 11.7. The van der Waals surface area contributed by atoms with Crippen LogP contribution in [0.2, 0.25) is 0 Å². The molecular weight excluding hydrogens is 262 g/mol. The Hall–Kier alpha value is -1.69. The van der Waals surface area contributed by atoms with Crippen LogP contribution in [0.1, 0.15) is 23.3 Å². The Morgan fingerprint density at radius 1 is 1.16 bits per heavy atom. The Morgan fingerprint density at radius 2 is 1.89 bits per heavy atom. The van der Waals surface area contributed by atoms with E-state index in [1.165, 1.54) is 11.3 Å². The summed E-state index contributed by atoms with van der Waals surface area (Å²) in [5.74, 6) is -0.513. The van der Waals surface area contributed by atoms with E-state index in [1.807, 2.05) is 16.8 Å². The van der Waals surface area contributed by atoms with Gasteiger partial charge in [-0.05, 0) is 28.0 Å². The molecule has 2 aromatic rings. The second-order valence-electron chi connectivity index (χ2n) is 4.13. The van der Waals surface area contributed by atoms with Gasteiger partial charge in [-0.2, -0.15) is 11.3 Å². The molecule has 0 radical (unpaired) electrons. The van der Waals surface area contributed by atoms with Crippen LogP contribution in [0.5, 0.6) is 0 Å². The molecule has 0 aliphatic rings. The number of nitrogens with one attached hydrogen (secondary N) is 1.